The van der Waals surface area contributed by atoms with Crippen LogP contribution < -0.4 is 0 Å². The van der Waals surface area contributed by atoms with E-state index in [0.717, 1.165) is 5.69 Å². The van der Waals surface area contributed by atoms with E-state index < -0.39 is 28.7 Å². The highest BCUT2D eigenvalue weighted by atomic mass is 32.2. The predicted octanol–water partition coefficient (Wildman–Crippen LogP) is 2.89. The fourth-order valence-electron chi connectivity index (χ4n) is 4.88. The van der Waals surface area contributed by atoms with Crippen molar-refractivity contribution in [3.63, 3.8) is 0 Å². The second-order valence-corrected chi connectivity index (χ2v) is 12.4. The minimum Gasteiger partial charge on any atom is -0.396 e. The van der Waals surface area contributed by atoms with Gasteiger partial charge in [-0.1, -0.05) is 19.4 Å². The number of hydrogen-bond donors (Lipinski definition) is 1. The predicted molar refractivity (Wildman–Crippen MR) is 105 cm³/mol. The van der Waals surface area contributed by atoms with Gasteiger partial charge in [-0.2, -0.15) is 8.42 Å². The molecule has 9 heteroatoms. The molecule has 27 heavy (non-hydrogen) atoms. The van der Waals surface area contributed by atoms with E-state index in [1.807, 2.05) is 25.1 Å². The normalized spacial score (nSPS) is 28.2. The summed E-state index contributed by atoms with van der Waals surface area (Å²) in [6.07, 6.45) is 4.33. The zero-order valence-electron chi connectivity index (χ0n) is 16.6. The molecule has 0 aliphatic carbocycles. The van der Waals surface area contributed by atoms with Crippen LogP contribution in [0.25, 0.3) is 0 Å². The van der Waals surface area contributed by atoms with Crippen LogP contribution in [0.15, 0.2) is 24.4 Å². The largest absolute Gasteiger partial charge is 0.396 e. The Morgan fingerprint density at radius 3 is 2.41 bits per heavy atom. The topological polar surface area (TPSA) is 95.0 Å². The maximum atomic E-state index is 12.8. The lowest BCUT2D eigenvalue weighted by molar-refractivity contribution is -0.0464. The molecule has 7 nitrogen and oxygen atoms in total. The summed E-state index contributed by atoms with van der Waals surface area (Å²) in [5, 5.41) is -1.25. The lowest BCUT2D eigenvalue weighted by atomic mass is 9.86. The number of pyridine rings is 1. The zero-order chi connectivity index (χ0) is 20.2. The van der Waals surface area contributed by atoms with Crippen molar-refractivity contribution in [3.05, 3.63) is 30.1 Å². The van der Waals surface area contributed by atoms with E-state index in [2.05, 4.69) is 4.98 Å². The Labute approximate surface area is 163 Å². The quantitative estimate of drug-likeness (QED) is 0.487. The number of nitrogens with zero attached hydrogens (tertiary/aromatic N) is 1. The second kappa shape index (κ2) is 8.67. The molecule has 1 aliphatic rings. The number of aromatic nitrogens is 1. The van der Waals surface area contributed by atoms with Crippen molar-refractivity contribution in [1.82, 2.24) is 4.98 Å². The molecule has 2 atom stereocenters. The minimum absolute atomic E-state index is 0.281. The van der Waals surface area contributed by atoms with Gasteiger partial charge >= 0.3 is 8.56 Å². The number of hydrogen-bond acceptors (Lipinski definition) is 6. The second-order valence-electron chi connectivity index (χ2n) is 7.09. The van der Waals surface area contributed by atoms with Crippen LogP contribution in [0.5, 0.6) is 0 Å². The molecule has 0 spiro atoms. The summed E-state index contributed by atoms with van der Waals surface area (Å²) in [5.74, 6) is 0. The van der Waals surface area contributed by atoms with Crippen molar-refractivity contribution in [2.45, 2.75) is 61.5 Å². The van der Waals surface area contributed by atoms with Crippen LogP contribution in [-0.4, -0.2) is 57.8 Å². The van der Waals surface area contributed by atoms with Crippen LogP contribution in [0.3, 0.4) is 0 Å². The maximum absolute atomic E-state index is 12.8. The molecular formula is C18H31NO6SSi. The number of rotatable bonds is 9. The summed E-state index contributed by atoms with van der Waals surface area (Å²) < 4.78 is 52.4. The molecule has 0 amide bonds. The molecule has 1 N–H and O–H groups in total. The highest BCUT2D eigenvalue weighted by molar-refractivity contribution is 7.87. The van der Waals surface area contributed by atoms with Gasteiger partial charge in [-0.15, -0.1) is 0 Å². The molecule has 1 aliphatic heterocycles. The third kappa shape index (κ3) is 3.61. The lowest BCUT2D eigenvalue weighted by Gasteiger charge is -2.57. The smallest absolute Gasteiger partial charge is 0.372 e. The molecule has 0 bridgehead atoms. The first kappa shape index (κ1) is 22.4. The maximum Gasteiger partial charge on any atom is 0.372 e. The summed E-state index contributed by atoms with van der Waals surface area (Å²) in [6, 6.07) is 6.22. The SMILES string of the molecule is CCCC1(S(=O)(=O)O)CCC[Si](OC)(OC)C1(CCc1ccccn1)OC. The summed E-state index contributed by atoms with van der Waals surface area (Å²) in [5.41, 5.74) is 0.829. The molecule has 0 aromatic carbocycles. The van der Waals surface area contributed by atoms with Crippen molar-refractivity contribution >= 4 is 18.7 Å². The van der Waals surface area contributed by atoms with Gasteiger partial charge in [-0.3, -0.25) is 9.54 Å². The molecule has 2 rings (SSSR count). The van der Waals surface area contributed by atoms with Crippen LogP contribution in [0.2, 0.25) is 6.04 Å². The van der Waals surface area contributed by atoms with E-state index in [1.165, 1.54) is 7.11 Å². The van der Waals surface area contributed by atoms with E-state index in [1.54, 1.807) is 20.4 Å². The summed E-state index contributed by atoms with van der Waals surface area (Å²) in [7, 11) is -2.97. The van der Waals surface area contributed by atoms with Gasteiger partial charge in [0.05, 0.1) is 0 Å². The fraction of sp³-hybridized carbons (Fsp3) is 0.722. The van der Waals surface area contributed by atoms with Crippen molar-refractivity contribution in [2.75, 3.05) is 21.3 Å². The van der Waals surface area contributed by atoms with Gasteiger partial charge in [0.1, 0.15) is 9.97 Å². The highest BCUT2D eigenvalue weighted by Gasteiger charge is 2.73. The first-order chi connectivity index (χ1) is 12.8. The van der Waals surface area contributed by atoms with Crippen LogP contribution in [0, 0.1) is 0 Å². The molecule has 2 unspecified atom stereocenters. The minimum atomic E-state index is -4.44. The lowest BCUT2D eigenvalue weighted by Crippen LogP contribution is -2.77. The van der Waals surface area contributed by atoms with Gasteiger partial charge in [0.25, 0.3) is 10.1 Å². The van der Waals surface area contributed by atoms with Crippen molar-refractivity contribution in [2.24, 2.45) is 0 Å². The molecule has 1 aromatic heterocycles. The fourth-order valence-corrected chi connectivity index (χ4v) is 11.2. The van der Waals surface area contributed by atoms with Crippen LogP contribution in [-0.2, 0) is 30.1 Å². The summed E-state index contributed by atoms with van der Waals surface area (Å²) >= 11 is 0. The Hall–Kier alpha value is -0.843. The molecular weight excluding hydrogens is 386 g/mol. The number of aryl methyl sites for hydroxylation is 1. The Morgan fingerprint density at radius 1 is 1.22 bits per heavy atom. The van der Waals surface area contributed by atoms with Gasteiger partial charge in [-0.05, 0) is 50.3 Å². The molecule has 1 saturated heterocycles. The van der Waals surface area contributed by atoms with E-state index in [9.17, 15) is 13.0 Å². The first-order valence-electron chi connectivity index (χ1n) is 9.30. The van der Waals surface area contributed by atoms with E-state index >= 15 is 0 Å². The van der Waals surface area contributed by atoms with Gasteiger partial charge in [0.2, 0.25) is 0 Å². The molecule has 1 aromatic rings. The van der Waals surface area contributed by atoms with Crippen LogP contribution in [0.4, 0.5) is 0 Å². The third-order valence-electron chi connectivity index (χ3n) is 6.05. The Kier molecular flexibility index (Phi) is 7.20. The molecule has 154 valence electrons. The monoisotopic (exact) mass is 417 g/mol. The van der Waals surface area contributed by atoms with E-state index in [-0.39, 0.29) is 6.42 Å². The van der Waals surface area contributed by atoms with Crippen LogP contribution >= 0.6 is 0 Å². The van der Waals surface area contributed by atoms with Crippen molar-refractivity contribution in [1.29, 1.82) is 0 Å². The van der Waals surface area contributed by atoms with E-state index in [0.29, 0.717) is 38.1 Å². The van der Waals surface area contributed by atoms with Gasteiger partial charge in [-0.25, -0.2) is 0 Å². The third-order valence-corrected chi connectivity index (χ3v) is 12.5. The van der Waals surface area contributed by atoms with Gasteiger partial charge in [0.15, 0.2) is 0 Å². The van der Waals surface area contributed by atoms with Crippen molar-refractivity contribution < 1.29 is 26.6 Å². The Bertz CT molecular complexity index is 708. The Balaban J connectivity index is 2.65. The zero-order valence-corrected chi connectivity index (χ0v) is 18.4. The van der Waals surface area contributed by atoms with E-state index in [4.69, 9.17) is 13.6 Å². The standard InChI is InChI=1S/C18H31NO6SSi/c1-5-11-17(26(20,21)22)12-8-15-27(24-3,25-4)18(17,23-2)13-10-16-9-6-7-14-19-16/h6-7,9,14H,5,8,10-13,15H2,1-4H3,(H,20,21,22). The average molecular weight is 418 g/mol. The molecule has 0 radical (unpaired) electrons. The summed E-state index contributed by atoms with van der Waals surface area (Å²) in [4.78, 5) is 4.35. The average Bonchev–Trinajstić information content (AvgIpc) is 2.66. The van der Waals surface area contributed by atoms with Gasteiger partial charge in [0, 0.05) is 33.2 Å². The Morgan fingerprint density at radius 2 is 1.93 bits per heavy atom. The molecule has 1 fully saturated rings. The summed E-state index contributed by atoms with van der Waals surface area (Å²) in [6.45, 7) is 1.91. The number of ether oxygens (including phenoxy) is 1. The van der Waals surface area contributed by atoms with Crippen LogP contribution in [0.1, 0.15) is 44.7 Å². The number of methoxy groups -OCH3 is 1. The van der Waals surface area contributed by atoms with Crippen molar-refractivity contribution in [3.8, 4) is 0 Å². The van der Waals surface area contributed by atoms with Gasteiger partial charge < -0.3 is 13.6 Å². The first-order valence-corrected chi connectivity index (χ1v) is 12.8. The molecule has 0 saturated carbocycles. The highest BCUT2D eigenvalue weighted by Crippen LogP contribution is 2.54. The molecule has 2 heterocycles.